The smallest absolute Gasteiger partial charge is 0.423 e. The molecule has 0 bridgehead atoms. The third-order valence-corrected chi connectivity index (χ3v) is 11.0. The molecule has 50 heavy (non-hydrogen) atoms. The quantitative estimate of drug-likeness (QED) is 0.134. The molecule has 10 rings (SSSR count). The van der Waals surface area contributed by atoms with Crippen LogP contribution in [-0.2, 0) is 0 Å². The molecule has 2 nitrogen and oxygen atoms in total. The molecule has 240 valence electrons. The van der Waals surface area contributed by atoms with Gasteiger partial charge < -0.3 is 10.0 Å². The Morgan fingerprint density at radius 3 is 1.36 bits per heavy atom. The fourth-order valence-electron chi connectivity index (χ4n) is 7.23. The molecule has 0 saturated carbocycles. The average molecular weight is 886 g/mol. The summed E-state index contributed by atoms with van der Waals surface area (Å²) >= 11 is 9.22. The standard InChI is InChI=1S/C22H13Br.C16H11BO2.C6H4BrI/c23-15-6-3-5-14(13-15)16-11-12-21-18-8-2-1-7-17(18)20-10-4-9-19(16)22(20)21;18-17(19)15-9-8-13-11-5-2-1-4-10(11)12-6-3-7-14(15)16(12)13;7-5-2-1-3-6(8)4-5/h1-13H;1-9,18-19H;1-4H. The molecule has 0 fully saturated rings. The number of hydrogen-bond acceptors (Lipinski definition) is 2. The Balaban J connectivity index is 0.000000120. The van der Waals surface area contributed by atoms with Crippen LogP contribution in [0.1, 0.15) is 0 Å². The van der Waals surface area contributed by atoms with Gasteiger partial charge in [-0.1, -0.05) is 159 Å². The number of fused-ring (bicyclic) bond motifs is 6. The zero-order chi connectivity index (χ0) is 34.4. The van der Waals surface area contributed by atoms with Gasteiger partial charge in [0.2, 0.25) is 0 Å². The first-order chi connectivity index (χ1) is 24.4. The van der Waals surface area contributed by atoms with Crippen LogP contribution < -0.4 is 5.46 Å². The molecule has 0 aromatic heterocycles. The fraction of sp³-hybridized carbons (Fsp3) is 0. The third-order valence-electron chi connectivity index (χ3n) is 9.33. The van der Waals surface area contributed by atoms with E-state index in [0.717, 1.165) is 19.7 Å². The van der Waals surface area contributed by atoms with Crippen molar-refractivity contribution in [2.45, 2.75) is 0 Å². The van der Waals surface area contributed by atoms with E-state index in [1.54, 1.807) is 6.07 Å². The summed E-state index contributed by atoms with van der Waals surface area (Å²) in [6, 6.07) is 54.6. The SMILES string of the molecule is Brc1cccc(-c2ccc3c4c(cccc24)-c2ccccc2-3)c1.Brc1cccc(I)c1.OB(O)c1ccc2c3c(cccc13)-c1ccccc1-2. The van der Waals surface area contributed by atoms with Gasteiger partial charge in [-0.2, -0.15) is 0 Å². The predicted octanol–water partition coefficient (Wildman–Crippen LogP) is 12.1. The Morgan fingerprint density at radius 1 is 0.400 bits per heavy atom. The Bertz CT molecular complexity index is 2510. The van der Waals surface area contributed by atoms with Crippen LogP contribution in [0.25, 0.3) is 77.2 Å². The first-order valence-electron chi connectivity index (χ1n) is 16.2. The van der Waals surface area contributed by atoms with Gasteiger partial charge in [-0.25, -0.2) is 0 Å². The second-order valence-electron chi connectivity index (χ2n) is 12.2. The molecular formula is C44H28BBr2IO2. The van der Waals surface area contributed by atoms with Crippen LogP contribution in [0.3, 0.4) is 0 Å². The van der Waals surface area contributed by atoms with E-state index in [9.17, 15) is 10.0 Å². The number of benzene rings is 8. The number of halogens is 3. The molecule has 8 aromatic rings. The van der Waals surface area contributed by atoms with Crippen molar-refractivity contribution in [3.05, 3.63) is 170 Å². The van der Waals surface area contributed by atoms with E-state index < -0.39 is 7.12 Å². The second kappa shape index (κ2) is 13.9. The van der Waals surface area contributed by atoms with E-state index >= 15 is 0 Å². The lowest BCUT2D eigenvalue weighted by Crippen LogP contribution is -2.30. The lowest BCUT2D eigenvalue weighted by molar-refractivity contribution is 0.426. The maximum Gasteiger partial charge on any atom is 0.489 e. The maximum atomic E-state index is 9.50. The Morgan fingerprint density at radius 2 is 0.840 bits per heavy atom. The van der Waals surface area contributed by atoms with Gasteiger partial charge >= 0.3 is 7.12 Å². The molecule has 0 amide bonds. The van der Waals surface area contributed by atoms with Gasteiger partial charge in [0, 0.05) is 12.5 Å². The molecule has 0 radical (unpaired) electrons. The summed E-state index contributed by atoms with van der Waals surface area (Å²) in [5.41, 5.74) is 13.3. The maximum absolute atomic E-state index is 9.50. The Kier molecular flexibility index (Phi) is 9.23. The molecule has 2 N–H and O–H groups in total. The number of rotatable bonds is 2. The van der Waals surface area contributed by atoms with E-state index in [0.29, 0.717) is 5.46 Å². The van der Waals surface area contributed by atoms with Crippen molar-refractivity contribution >= 4 is 88.6 Å². The third kappa shape index (κ3) is 6.03. The molecule has 0 spiro atoms. The second-order valence-corrected chi connectivity index (χ2v) is 15.3. The summed E-state index contributed by atoms with van der Waals surface area (Å²) in [6.45, 7) is 0. The minimum Gasteiger partial charge on any atom is -0.423 e. The van der Waals surface area contributed by atoms with Crippen LogP contribution >= 0.6 is 54.5 Å². The summed E-state index contributed by atoms with van der Waals surface area (Å²) < 4.78 is 3.52. The van der Waals surface area contributed by atoms with Crippen molar-refractivity contribution < 1.29 is 10.0 Å². The van der Waals surface area contributed by atoms with Crippen molar-refractivity contribution in [1.29, 1.82) is 0 Å². The molecular weight excluding hydrogens is 858 g/mol. The van der Waals surface area contributed by atoms with E-state index in [1.165, 1.54) is 70.0 Å². The lowest BCUT2D eigenvalue weighted by Gasteiger charge is -2.10. The largest absolute Gasteiger partial charge is 0.489 e. The molecule has 0 atom stereocenters. The molecule has 8 aromatic carbocycles. The molecule has 0 heterocycles. The van der Waals surface area contributed by atoms with E-state index in [1.807, 2.05) is 42.5 Å². The van der Waals surface area contributed by atoms with E-state index in [4.69, 9.17) is 0 Å². The molecule has 0 saturated heterocycles. The lowest BCUT2D eigenvalue weighted by atomic mass is 9.76. The van der Waals surface area contributed by atoms with Crippen LogP contribution in [0.4, 0.5) is 0 Å². The van der Waals surface area contributed by atoms with Gasteiger partial charge in [0.1, 0.15) is 0 Å². The van der Waals surface area contributed by atoms with Crippen molar-refractivity contribution in [1.82, 2.24) is 0 Å². The van der Waals surface area contributed by atoms with Crippen LogP contribution in [-0.4, -0.2) is 17.2 Å². The summed E-state index contributed by atoms with van der Waals surface area (Å²) in [4.78, 5) is 0. The van der Waals surface area contributed by atoms with Gasteiger partial charge in [-0.15, -0.1) is 0 Å². The van der Waals surface area contributed by atoms with Crippen LogP contribution in [0.15, 0.2) is 167 Å². The molecule has 0 aliphatic heterocycles. The first-order valence-corrected chi connectivity index (χ1v) is 18.9. The van der Waals surface area contributed by atoms with Crippen molar-refractivity contribution in [3.8, 4) is 55.6 Å². The van der Waals surface area contributed by atoms with Gasteiger partial charge in [0.05, 0.1) is 0 Å². The minimum absolute atomic E-state index is 0.563. The highest BCUT2D eigenvalue weighted by molar-refractivity contribution is 14.1. The van der Waals surface area contributed by atoms with Gasteiger partial charge in [0.25, 0.3) is 0 Å². The summed E-state index contributed by atoms with van der Waals surface area (Å²) in [7, 11) is -1.44. The summed E-state index contributed by atoms with van der Waals surface area (Å²) in [6.07, 6.45) is 0. The Hall–Kier alpha value is -4.05. The molecule has 2 aliphatic rings. The van der Waals surface area contributed by atoms with Crippen molar-refractivity contribution in [3.63, 3.8) is 0 Å². The van der Waals surface area contributed by atoms with Gasteiger partial charge in [0.15, 0.2) is 0 Å². The predicted molar refractivity (Wildman–Crippen MR) is 227 cm³/mol. The first kappa shape index (κ1) is 33.1. The van der Waals surface area contributed by atoms with Crippen molar-refractivity contribution in [2.75, 3.05) is 0 Å². The summed E-state index contributed by atoms with van der Waals surface area (Å²) in [5.74, 6) is 0. The fourth-order valence-corrected chi connectivity index (χ4v) is 9.00. The highest BCUT2D eigenvalue weighted by Crippen LogP contribution is 2.49. The average Bonchev–Trinajstić information content (AvgIpc) is 3.64. The highest BCUT2D eigenvalue weighted by Gasteiger charge is 2.25. The van der Waals surface area contributed by atoms with Gasteiger partial charge in [-0.3, -0.25) is 0 Å². The summed E-state index contributed by atoms with van der Waals surface area (Å²) in [5, 5.41) is 23.7. The van der Waals surface area contributed by atoms with E-state index in [2.05, 4.69) is 164 Å². The minimum atomic E-state index is -1.44. The Labute approximate surface area is 322 Å². The zero-order valence-electron chi connectivity index (χ0n) is 26.6. The highest BCUT2D eigenvalue weighted by atomic mass is 127. The molecule has 0 unspecified atom stereocenters. The van der Waals surface area contributed by atoms with Crippen LogP contribution in [0.2, 0.25) is 0 Å². The van der Waals surface area contributed by atoms with Crippen LogP contribution in [0, 0.1) is 3.57 Å². The van der Waals surface area contributed by atoms with Crippen molar-refractivity contribution in [2.24, 2.45) is 0 Å². The van der Waals surface area contributed by atoms with Gasteiger partial charge in [-0.05, 0) is 136 Å². The van der Waals surface area contributed by atoms with Crippen LogP contribution in [0.5, 0.6) is 0 Å². The van der Waals surface area contributed by atoms with E-state index in [-0.39, 0.29) is 0 Å². The zero-order valence-corrected chi connectivity index (χ0v) is 31.9. The number of hydrogen-bond donors (Lipinski definition) is 2. The monoisotopic (exact) mass is 884 g/mol. The topological polar surface area (TPSA) is 40.5 Å². The normalized spacial score (nSPS) is 11.3. The molecule has 6 heteroatoms. The molecule has 2 aliphatic carbocycles.